The Kier molecular flexibility index (Phi) is 26.9. The summed E-state index contributed by atoms with van der Waals surface area (Å²) in [5, 5.41) is 4.80. The summed E-state index contributed by atoms with van der Waals surface area (Å²) in [4.78, 5) is 13.2. The number of anilines is 1. The maximum absolute atomic E-state index is 11.2. The Bertz CT molecular complexity index is 4920. The van der Waals surface area contributed by atoms with E-state index in [1.165, 1.54) is 32.7 Å². The van der Waals surface area contributed by atoms with Crippen LogP contribution in [-0.2, 0) is 30.5 Å². The van der Waals surface area contributed by atoms with E-state index in [4.69, 9.17) is 11.2 Å². The number of unbranched alkanes of at least 4 members (excludes halogenated alkanes) is 1. The molecule has 0 N–H and O–H groups in total. The van der Waals surface area contributed by atoms with Crippen LogP contribution in [0.25, 0.3) is 21.5 Å². The van der Waals surface area contributed by atoms with Crippen LogP contribution in [0.3, 0.4) is 0 Å². The molecule has 0 unspecified atom stereocenters. The molecule has 0 saturated heterocycles. The van der Waals surface area contributed by atoms with E-state index in [1.54, 1.807) is 6.92 Å². The summed E-state index contributed by atoms with van der Waals surface area (Å²) in [7, 11) is -4.24. The van der Waals surface area contributed by atoms with Crippen molar-refractivity contribution in [3.63, 3.8) is 0 Å². The van der Waals surface area contributed by atoms with E-state index in [-0.39, 0.29) is 16.6 Å². The number of terminal acetylenes is 1. The molecule has 2 aliphatic heterocycles. The third-order valence-corrected chi connectivity index (χ3v) is 13.0. The van der Waals surface area contributed by atoms with Crippen molar-refractivity contribution in [1.29, 1.82) is 0 Å². The van der Waals surface area contributed by atoms with Crippen molar-refractivity contribution >= 4 is 55.2 Å². The third kappa shape index (κ3) is 21.3. The zero-order valence-electron chi connectivity index (χ0n) is 48.2. The molecule has 2 heterocycles. The van der Waals surface area contributed by atoms with Crippen LogP contribution in [-0.4, -0.2) is 55.2 Å². The highest BCUT2D eigenvalue weighted by Crippen LogP contribution is 2.50. The second-order valence-electron chi connectivity index (χ2n) is 18.4. The largest absolute Gasteiger partial charge is 0.748 e. The number of rotatable bonds is 13. The van der Waals surface area contributed by atoms with Gasteiger partial charge in [-0.2, -0.15) is 4.58 Å². The summed E-state index contributed by atoms with van der Waals surface area (Å²) < 4.78 is 41.1. The lowest BCUT2D eigenvalue weighted by Crippen LogP contribution is -2.29. The summed E-state index contributed by atoms with van der Waals surface area (Å²) in [6.07, 6.45) is 20.2. The first-order chi connectivity index (χ1) is 42.4. The van der Waals surface area contributed by atoms with Gasteiger partial charge in [-0.3, -0.25) is 4.79 Å². The van der Waals surface area contributed by atoms with E-state index in [0.717, 1.165) is 22.8 Å². The lowest BCUT2D eigenvalue weighted by molar-refractivity contribution is -0.438. The maximum atomic E-state index is 11.2. The van der Waals surface area contributed by atoms with Gasteiger partial charge in [0.1, 0.15) is 13.2 Å². The average Bonchev–Trinajstić information content (AvgIpc) is 1.64. The van der Waals surface area contributed by atoms with Gasteiger partial charge in [-0.1, -0.05) is 105 Å². The van der Waals surface area contributed by atoms with Crippen LogP contribution < -0.4 is 4.90 Å². The molecule has 0 saturated carbocycles. The molecule has 410 valence electrons. The fraction of sp³-hybridized carbons (Fsp3) is 0.165. The molecular weight excluding hydrogens is 1090 g/mol. The minimum atomic E-state index is -4.24. The Morgan fingerprint density at radius 2 is 0.954 bits per heavy atom. The highest BCUT2D eigenvalue weighted by atomic mass is 32.2. The number of fused-ring (bicyclic) bond motifs is 6. The second kappa shape index (κ2) is 35.9. The van der Waals surface area contributed by atoms with E-state index in [2.05, 4.69) is 323 Å². The summed E-state index contributed by atoms with van der Waals surface area (Å²) in [6.45, 7) is 12.6. The van der Waals surface area contributed by atoms with E-state index in [9.17, 15) is 17.8 Å². The van der Waals surface area contributed by atoms with E-state index >= 15 is 0 Å². The lowest BCUT2D eigenvalue weighted by Gasteiger charge is -2.26. The summed E-state index contributed by atoms with van der Waals surface area (Å²) in [5.74, 6) is 86.5. The highest BCUT2D eigenvalue weighted by molar-refractivity contribution is 7.85. The molecule has 0 amide bonds. The Morgan fingerprint density at radius 3 is 1.41 bits per heavy atom. The van der Waals surface area contributed by atoms with Crippen molar-refractivity contribution in [3.05, 3.63) is 132 Å². The normalized spacial score (nSPS) is 11.8. The van der Waals surface area contributed by atoms with Gasteiger partial charge in [-0.15, -0.1) is 6.42 Å². The van der Waals surface area contributed by atoms with Crippen LogP contribution in [0, 0.1) is 214 Å². The molecule has 6 rings (SSSR count). The van der Waals surface area contributed by atoms with Crippen molar-refractivity contribution in [1.82, 2.24) is 0 Å². The molecule has 87 heavy (non-hydrogen) atoms. The fourth-order valence-electron chi connectivity index (χ4n) is 8.85. The molecule has 0 fully saturated rings. The van der Waals surface area contributed by atoms with E-state index in [0.29, 0.717) is 39.0 Å². The molecule has 8 heteroatoms. The van der Waals surface area contributed by atoms with Gasteiger partial charge >= 0.3 is 0 Å². The molecule has 4 aromatic rings. The first-order valence-electron chi connectivity index (χ1n) is 26.4. The van der Waals surface area contributed by atoms with Gasteiger partial charge in [0.25, 0.3) is 6.47 Å². The van der Waals surface area contributed by atoms with Crippen molar-refractivity contribution in [3.8, 4) is 214 Å². The van der Waals surface area contributed by atoms with Gasteiger partial charge in [0.15, 0.2) is 5.71 Å². The standard InChI is InChI=1S/C42H44N2O5S.C37H4/c1-41(2)37(43(26-14-15-29-50(46,47)48)35-24-22-31-16-10-12-18-33(31)39(35)41)20-8-6-5-7-9-21-38-42(3,4)40-34-19-13-11-17-32(34)23-25-36(40)44(38)27-28-49-30-45;1-3-5-7-9-11-13-15-17-19-21-23-25-27-29-31-33-35-37-36-34-32-30-28-26-24-22-20-18-16-14-12-10-8-6-4-2/h5-13,16-25,30H,14-15,26-29H2,1-4H3;1H,2H3. The molecule has 2 aliphatic rings. The van der Waals surface area contributed by atoms with Crippen molar-refractivity contribution in [2.45, 2.75) is 58.3 Å². The highest BCUT2D eigenvalue weighted by Gasteiger charge is 2.45. The Balaban J connectivity index is 0.000000335. The Labute approximate surface area is 513 Å². The molecule has 7 nitrogen and oxygen atoms in total. The van der Waals surface area contributed by atoms with Gasteiger partial charge < -0.3 is 14.2 Å². The minimum Gasteiger partial charge on any atom is -0.748 e. The smallest absolute Gasteiger partial charge is 0.293 e. The first kappa shape index (κ1) is 65.1. The van der Waals surface area contributed by atoms with Crippen molar-refractivity contribution in [2.75, 3.05) is 30.3 Å². The molecule has 0 spiro atoms. The summed E-state index contributed by atoms with van der Waals surface area (Å²) in [5.41, 5.74) is 6.45. The van der Waals surface area contributed by atoms with E-state index < -0.39 is 10.1 Å². The molecule has 0 atom stereocenters. The van der Waals surface area contributed by atoms with Crippen molar-refractivity contribution < 1.29 is 27.1 Å². The third-order valence-electron chi connectivity index (χ3n) is 12.2. The van der Waals surface area contributed by atoms with Crippen LogP contribution in [0.5, 0.6) is 0 Å². The number of ether oxygens (including phenoxy) is 1. The van der Waals surface area contributed by atoms with Crippen LogP contribution >= 0.6 is 0 Å². The van der Waals surface area contributed by atoms with Gasteiger partial charge in [0.05, 0.1) is 22.1 Å². The fourth-order valence-corrected chi connectivity index (χ4v) is 9.40. The number of carbonyl (C=O) groups excluding carboxylic acids is 1. The number of carbonyl (C=O) groups is 1. The molecule has 0 aromatic heterocycles. The molecule has 0 aliphatic carbocycles. The van der Waals surface area contributed by atoms with Crippen LogP contribution in [0.15, 0.2) is 121 Å². The first-order valence-corrected chi connectivity index (χ1v) is 28.0. The predicted molar refractivity (Wildman–Crippen MR) is 349 cm³/mol. The quantitative estimate of drug-likeness (QED) is 0.0332. The molecule has 4 aromatic carbocycles. The second-order valence-corrected chi connectivity index (χ2v) is 20.0. The number of allylic oxidation sites excluding steroid dienone is 8. The Hall–Kier alpha value is -12.7. The SMILES string of the molecule is C#CC#CC#CC#CC#CC#CC#CC#CC#CC#CC#CC#CC#CC#CC#CC#CC#CC#CC.CC1(C)C(/C=C/C=C/C=C/C=C2/N(CCOC=O)c3ccc4ccccc4c3C2(C)C)=[N+](CCCCS(=O)(=O)[O-])c2ccc3ccccc3c21. The van der Waals surface area contributed by atoms with Crippen LogP contribution in [0.2, 0.25) is 0 Å². The number of benzene rings is 4. The Morgan fingerprint density at radius 1 is 0.529 bits per heavy atom. The van der Waals surface area contributed by atoms with Crippen LogP contribution in [0.4, 0.5) is 11.4 Å². The molecular formula is C79H48N2O5S. The van der Waals surface area contributed by atoms with Crippen LogP contribution in [0.1, 0.15) is 58.6 Å². The zero-order valence-corrected chi connectivity index (χ0v) is 49.0. The lowest BCUT2D eigenvalue weighted by atomic mass is 9.79. The minimum absolute atomic E-state index is 0.267. The molecule has 0 radical (unpaired) electrons. The topological polar surface area (TPSA) is 89.8 Å². The van der Waals surface area contributed by atoms with Gasteiger partial charge in [0.2, 0.25) is 5.69 Å². The number of nitrogens with zero attached hydrogens (tertiary/aromatic N) is 2. The zero-order chi connectivity index (χ0) is 62.3. The van der Waals surface area contributed by atoms with E-state index in [1.807, 2.05) is 36.4 Å². The van der Waals surface area contributed by atoms with Gasteiger partial charge in [0, 0.05) is 153 Å². The number of hydrogen-bond acceptors (Lipinski definition) is 6. The number of hydrogen-bond donors (Lipinski definition) is 0. The average molecular weight is 1140 g/mol. The molecule has 0 bridgehead atoms. The predicted octanol–water partition coefficient (Wildman–Crippen LogP) is 8.92. The maximum Gasteiger partial charge on any atom is 0.293 e. The van der Waals surface area contributed by atoms with Gasteiger partial charge in [-0.25, -0.2) is 8.42 Å². The summed E-state index contributed by atoms with van der Waals surface area (Å²) in [6, 6.07) is 25.4. The summed E-state index contributed by atoms with van der Waals surface area (Å²) >= 11 is 0. The monoisotopic (exact) mass is 1140 g/mol. The van der Waals surface area contributed by atoms with Gasteiger partial charge in [-0.05, 0) is 167 Å². The van der Waals surface area contributed by atoms with Crippen molar-refractivity contribution in [2.24, 2.45) is 0 Å².